The number of piperidine rings is 2. The van der Waals surface area contributed by atoms with E-state index >= 15 is 0 Å². The lowest BCUT2D eigenvalue weighted by atomic mass is 9.82. The number of carbonyl (C=O) groups excluding carboxylic acids is 1. The van der Waals surface area contributed by atoms with Crippen LogP contribution in [0.2, 0.25) is 0 Å². The number of ether oxygens (including phenoxy) is 1. The van der Waals surface area contributed by atoms with Crippen LogP contribution >= 0.6 is 0 Å². The van der Waals surface area contributed by atoms with E-state index in [9.17, 15) is 18.3 Å². The zero-order valence-electron chi connectivity index (χ0n) is 20.0. The molecule has 0 spiro atoms. The number of sulfone groups is 1. The van der Waals surface area contributed by atoms with E-state index < -0.39 is 21.5 Å². The number of nitrogens with zero attached hydrogens (tertiary/aromatic N) is 2. The van der Waals surface area contributed by atoms with Gasteiger partial charge in [-0.25, -0.2) is 13.2 Å². The molecule has 0 aliphatic carbocycles. The summed E-state index contributed by atoms with van der Waals surface area (Å²) >= 11 is 0. The maximum absolute atomic E-state index is 12.4. The second kappa shape index (κ2) is 9.31. The van der Waals surface area contributed by atoms with Crippen molar-refractivity contribution in [3.63, 3.8) is 0 Å². The molecule has 0 radical (unpaired) electrons. The zero-order valence-corrected chi connectivity index (χ0v) is 20.8. The van der Waals surface area contributed by atoms with E-state index in [1.54, 1.807) is 24.3 Å². The lowest BCUT2D eigenvalue weighted by Gasteiger charge is -2.49. The Labute approximate surface area is 192 Å². The number of aliphatic hydroxyl groups excluding tert-OH is 1. The third-order valence-electron chi connectivity index (χ3n) is 6.89. The molecule has 2 saturated heterocycles. The van der Waals surface area contributed by atoms with Crippen LogP contribution in [0.25, 0.3) is 0 Å². The van der Waals surface area contributed by atoms with Gasteiger partial charge in [-0.3, -0.25) is 4.90 Å². The number of likely N-dealkylation sites (tertiary alicyclic amines) is 2. The maximum atomic E-state index is 12.4. The Kier molecular flexibility index (Phi) is 7.27. The molecule has 8 heteroatoms. The number of hydrogen-bond donors (Lipinski definition) is 1. The van der Waals surface area contributed by atoms with Crippen LogP contribution in [-0.2, 0) is 14.6 Å². The number of rotatable bonds is 4. The molecule has 1 unspecified atom stereocenters. The van der Waals surface area contributed by atoms with Gasteiger partial charge >= 0.3 is 6.09 Å². The summed E-state index contributed by atoms with van der Waals surface area (Å²) in [5.41, 5.74) is 0.338. The van der Waals surface area contributed by atoms with Gasteiger partial charge in [0, 0.05) is 24.9 Å². The van der Waals surface area contributed by atoms with E-state index in [-0.39, 0.29) is 22.4 Å². The lowest BCUT2D eigenvalue weighted by molar-refractivity contribution is -0.0222. The van der Waals surface area contributed by atoms with Gasteiger partial charge < -0.3 is 14.7 Å². The van der Waals surface area contributed by atoms with Crippen LogP contribution < -0.4 is 0 Å². The van der Waals surface area contributed by atoms with Crippen LogP contribution in [0.1, 0.15) is 65.0 Å². The monoisotopic (exact) mass is 466 g/mol. The predicted octanol–water partition coefficient (Wildman–Crippen LogP) is 3.63. The standard InChI is InChI=1S/C24H38N2O5S/c1-23(2,3)31-22(28)25-16-12-24(4,13-17-25)26-14-10-19(11-15-26)21(27)18-6-8-20(9-7-18)32(5,29)30/h6-9,19,21,27H,10-17H2,1-5H3. The molecule has 0 bridgehead atoms. The first-order valence-corrected chi connectivity index (χ1v) is 13.4. The average molecular weight is 467 g/mol. The first kappa shape index (κ1) is 25.0. The van der Waals surface area contributed by atoms with Crippen molar-refractivity contribution in [1.82, 2.24) is 9.80 Å². The van der Waals surface area contributed by atoms with Crippen LogP contribution in [0, 0.1) is 5.92 Å². The molecule has 32 heavy (non-hydrogen) atoms. The molecule has 0 saturated carbocycles. The summed E-state index contributed by atoms with van der Waals surface area (Å²) in [6, 6.07) is 6.59. The van der Waals surface area contributed by atoms with E-state index in [1.807, 2.05) is 25.7 Å². The van der Waals surface area contributed by atoms with Crippen molar-refractivity contribution < 1.29 is 23.1 Å². The van der Waals surface area contributed by atoms with Gasteiger partial charge in [-0.1, -0.05) is 12.1 Å². The maximum Gasteiger partial charge on any atom is 0.410 e. The van der Waals surface area contributed by atoms with Crippen LogP contribution in [-0.4, -0.2) is 73.0 Å². The number of benzene rings is 1. The smallest absolute Gasteiger partial charge is 0.410 e. The summed E-state index contributed by atoms with van der Waals surface area (Å²) in [5.74, 6) is 0.154. The molecule has 2 aliphatic heterocycles. The summed E-state index contributed by atoms with van der Waals surface area (Å²) in [6.45, 7) is 11.1. The van der Waals surface area contributed by atoms with Gasteiger partial charge in [-0.15, -0.1) is 0 Å². The number of hydrogen-bond acceptors (Lipinski definition) is 6. The topological polar surface area (TPSA) is 87.2 Å². The average Bonchev–Trinajstić information content (AvgIpc) is 2.72. The molecular weight excluding hydrogens is 428 g/mol. The minimum Gasteiger partial charge on any atom is -0.444 e. The molecule has 1 N–H and O–H groups in total. The summed E-state index contributed by atoms with van der Waals surface area (Å²) in [4.78, 5) is 16.9. The Bertz CT molecular complexity index is 891. The minimum absolute atomic E-state index is 0.0472. The van der Waals surface area contributed by atoms with Gasteiger partial charge in [0.25, 0.3) is 0 Å². The van der Waals surface area contributed by atoms with Gasteiger partial charge in [0.05, 0.1) is 11.0 Å². The zero-order chi connectivity index (χ0) is 23.7. The first-order chi connectivity index (χ1) is 14.8. The summed E-state index contributed by atoms with van der Waals surface area (Å²) in [5, 5.41) is 10.9. The van der Waals surface area contributed by atoms with Gasteiger partial charge in [0.1, 0.15) is 5.60 Å². The third kappa shape index (κ3) is 6.02. The number of aliphatic hydroxyl groups is 1. The second-order valence-electron chi connectivity index (χ2n) is 10.6. The Hall–Kier alpha value is -1.64. The second-order valence-corrected chi connectivity index (χ2v) is 12.6. The number of amides is 1. The highest BCUT2D eigenvalue weighted by Gasteiger charge is 2.40. The summed E-state index contributed by atoms with van der Waals surface area (Å²) in [7, 11) is -3.24. The van der Waals surface area contributed by atoms with Gasteiger partial charge in [0.2, 0.25) is 0 Å². The molecule has 3 rings (SSSR count). The Morgan fingerprint density at radius 3 is 2.09 bits per heavy atom. The van der Waals surface area contributed by atoms with Gasteiger partial charge in [-0.05, 0) is 90.1 Å². The van der Waals surface area contributed by atoms with E-state index in [2.05, 4.69) is 11.8 Å². The van der Waals surface area contributed by atoms with Crippen LogP contribution in [0.15, 0.2) is 29.2 Å². The fourth-order valence-corrected chi connectivity index (χ4v) is 5.38. The van der Waals surface area contributed by atoms with Crippen molar-refractivity contribution in [2.24, 2.45) is 5.92 Å². The van der Waals surface area contributed by atoms with Gasteiger partial charge in [0.15, 0.2) is 9.84 Å². The summed E-state index contributed by atoms with van der Waals surface area (Å²) < 4.78 is 28.8. The molecule has 1 aromatic rings. The van der Waals surface area contributed by atoms with Crippen molar-refractivity contribution in [2.75, 3.05) is 32.4 Å². The molecule has 1 amide bonds. The van der Waals surface area contributed by atoms with Crippen molar-refractivity contribution in [2.45, 2.75) is 75.5 Å². The summed E-state index contributed by atoms with van der Waals surface area (Å²) in [6.07, 6.45) is 3.96. The molecule has 2 aliphatic rings. The van der Waals surface area contributed by atoms with E-state index in [0.717, 1.165) is 44.3 Å². The fraction of sp³-hybridized carbons (Fsp3) is 0.708. The molecule has 2 heterocycles. The lowest BCUT2D eigenvalue weighted by Crippen LogP contribution is -2.57. The molecule has 1 aromatic carbocycles. The van der Waals surface area contributed by atoms with Crippen molar-refractivity contribution in [3.05, 3.63) is 29.8 Å². The van der Waals surface area contributed by atoms with Crippen molar-refractivity contribution in [3.8, 4) is 0 Å². The Balaban J connectivity index is 1.52. The molecule has 180 valence electrons. The molecule has 7 nitrogen and oxygen atoms in total. The van der Waals surface area contributed by atoms with E-state index in [4.69, 9.17) is 4.74 Å². The Morgan fingerprint density at radius 1 is 1.09 bits per heavy atom. The van der Waals surface area contributed by atoms with E-state index in [1.165, 1.54) is 6.26 Å². The number of carbonyl (C=O) groups is 1. The molecule has 2 fully saturated rings. The highest BCUT2D eigenvalue weighted by Crippen LogP contribution is 2.36. The van der Waals surface area contributed by atoms with Gasteiger partial charge in [-0.2, -0.15) is 0 Å². The highest BCUT2D eigenvalue weighted by atomic mass is 32.2. The molecule has 0 aromatic heterocycles. The fourth-order valence-electron chi connectivity index (χ4n) is 4.75. The SMILES string of the molecule is CC(C)(C)OC(=O)N1CCC(C)(N2CCC(C(O)c3ccc(S(C)(=O)=O)cc3)CC2)CC1. The predicted molar refractivity (Wildman–Crippen MR) is 124 cm³/mol. The Morgan fingerprint density at radius 2 is 1.62 bits per heavy atom. The van der Waals surface area contributed by atoms with Crippen LogP contribution in [0.4, 0.5) is 4.79 Å². The first-order valence-electron chi connectivity index (χ1n) is 11.5. The third-order valence-corrected chi connectivity index (χ3v) is 8.02. The van der Waals surface area contributed by atoms with Crippen molar-refractivity contribution in [1.29, 1.82) is 0 Å². The van der Waals surface area contributed by atoms with Crippen molar-refractivity contribution >= 4 is 15.9 Å². The minimum atomic E-state index is -3.24. The normalized spacial score (nSPS) is 21.9. The van der Waals surface area contributed by atoms with Crippen LogP contribution in [0.5, 0.6) is 0 Å². The highest BCUT2D eigenvalue weighted by molar-refractivity contribution is 7.90. The molecule has 1 atom stereocenters. The molecular formula is C24H38N2O5S. The largest absolute Gasteiger partial charge is 0.444 e. The van der Waals surface area contributed by atoms with E-state index in [0.29, 0.717) is 13.1 Å². The van der Waals surface area contributed by atoms with Crippen LogP contribution in [0.3, 0.4) is 0 Å². The quantitative estimate of drug-likeness (QED) is 0.729.